The van der Waals surface area contributed by atoms with Gasteiger partial charge in [-0.05, 0) is 82.4 Å². The molecule has 0 aliphatic heterocycles. The number of rotatable bonds is 9. The van der Waals surface area contributed by atoms with Crippen molar-refractivity contribution < 1.29 is 17.9 Å². The number of hydrogen-bond acceptors (Lipinski definition) is 4. The summed E-state index contributed by atoms with van der Waals surface area (Å²) < 4.78 is 40.4. The van der Waals surface area contributed by atoms with E-state index in [0.29, 0.717) is 18.0 Å². The van der Waals surface area contributed by atoms with E-state index in [9.17, 15) is 17.9 Å². The Kier molecular flexibility index (Phi) is 8.51. The number of halogens is 2. The third kappa shape index (κ3) is 7.47. The number of aliphatic hydroxyl groups excluding tert-OH is 1. The Morgan fingerprint density at radius 2 is 1.83 bits per heavy atom. The van der Waals surface area contributed by atoms with Crippen LogP contribution in [0.2, 0.25) is 0 Å². The lowest BCUT2D eigenvalue weighted by Gasteiger charge is -2.35. The minimum Gasteiger partial charge on any atom is -0.387 e. The molecule has 1 atom stereocenters. The molecule has 2 aliphatic rings. The number of nitrogens with one attached hydrogen (secondary N) is 2. The summed E-state index contributed by atoms with van der Waals surface area (Å²) in [4.78, 5) is 0. The van der Waals surface area contributed by atoms with Gasteiger partial charge in [-0.2, -0.15) is 0 Å². The lowest BCUT2D eigenvalue weighted by molar-refractivity contribution is 0.149. The molecule has 5 nitrogen and oxygen atoms in total. The fourth-order valence-electron chi connectivity index (χ4n) is 4.19. The van der Waals surface area contributed by atoms with Gasteiger partial charge >= 0.3 is 0 Å². The van der Waals surface area contributed by atoms with Gasteiger partial charge in [0.05, 0.1) is 11.4 Å². The van der Waals surface area contributed by atoms with Crippen molar-refractivity contribution in [2.24, 2.45) is 5.92 Å². The maximum atomic E-state index is 13.3. The molecule has 29 heavy (non-hydrogen) atoms. The SMILES string of the molecule is CC(C)(CC1CCC(NS(=O)(=O)C2CC2)CC1)NC[C@H](O)c1cccc(F)c1.Cl. The fraction of sp³-hybridized carbons (Fsp3) is 0.714. The zero-order chi connectivity index (χ0) is 20.4. The number of aliphatic hydroxyl groups is 1. The van der Waals surface area contributed by atoms with E-state index in [1.165, 1.54) is 12.1 Å². The maximum Gasteiger partial charge on any atom is 0.214 e. The van der Waals surface area contributed by atoms with Crippen LogP contribution in [0.5, 0.6) is 0 Å². The zero-order valence-electron chi connectivity index (χ0n) is 17.2. The highest BCUT2D eigenvalue weighted by Gasteiger charge is 2.38. The van der Waals surface area contributed by atoms with Crippen molar-refractivity contribution in [2.45, 2.75) is 81.7 Å². The minimum absolute atomic E-state index is 0. The molecular weight excluding hydrogens is 415 g/mol. The van der Waals surface area contributed by atoms with Gasteiger partial charge in [0.1, 0.15) is 5.82 Å². The maximum absolute atomic E-state index is 13.3. The van der Waals surface area contributed by atoms with Crippen LogP contribution in [0.1, 0.15) is 70.5 Å². The van der Waals surface area contributed by atoms with Crippen LogP contribution in [0, 0.1) is 11.7 Å². The van der Waals surface area contributed by atoms with E-state index in [-0.39, 0.29) is 35.1 Å². The number of hydrogen-bond donors (Lipinski definition) is 3. The predicted molar refractivity (Wildman–Crippen MR) is 116 cm³/mol. The van der Waals surface area contributed by atoms with Crippen molar-refractivity contribution in [1.29, 1.82) is 0 Å². The smallest absolute Gasteiger partial charge is 0.214 e. The van der Waals surface area contributed by atoms with Crippen molar-refractivity contribution in [3.63, 3.8) is 0 Å². The molecule has 8 heteroatoms. The Morgan fingerprint density at radius 3 is 2.41 bits per heavy atom. The van der Waals surface area contributed by atoms with Crippen LogP contribution in [0.25, 0.3) is 0 Å². The molecule has 1 aromatic carbocycles. The molecule has 0 saturated heterocycles. The van der Waals surface area contributed by atoms with Crippen LogP contribution >= 0.6 is 12.4 Å². The number of benzene rings is 1. The van der Waals surface area contributed by atoms with E-state index in [0.717, 1.165) is 44.9 Å². The summed E-state index contributed by atoms with van der Waals surface area (Å²) in [5, 5.41) is 13.6. The fourth-order valence-corrected chi connectivity index (χ4v) is 5.84. The highest BCUT2D eigenvalue weighted by atomic mass is 35.5. The van der Waals surface area contributed by atoms with Crippen molar-refractivity contribution in [3.8, 4) is 0 Å². The molecule has 0 heterocycles. The number of β-amino-alcohol motifs (C(OH)–C–C–N with tert-alkyl or cyclic N) is 1. The third-order valence-electron chi connectivity index (χ3n) is 5.95. The van der Waals surface area contributed by atoms with Crippen molar-refractivity contribution in [1.82, 2.24) is 10.0 Å². The molecule has 0 spiro atoms. The molecule has 2 fully saturated rings. The summed E-state index contributed by atoms with van der Waals surface area (Å²) in [6, 6.07) is 6.15. The van der Waals surface area contributed by atoms with Crippen LogP contribution in [-0.2, 0) is 10.0 Å². The van der Waals surface area contributed by atoms with Gasteiger partial charge in [-0.15, -0.1) is 12.4 Å². The second-order valence-corrected chi connectivity index (χ2v) is 11.1. The molecular formula is C21H34ClFN2O3S. The van der Waals surface area contributed by atoms with Gasteiger partial charge < -0.3 is 10.4 Å². The van der Waals surface area contributed by atoms with E-state index in [1.807, 2.05) is 0 Å². The summed E-state index contributed by atoms with van der Waals surface area (Å²) in [5.41, 5.74) is 0.422. The molecule has 0 bridgehead atoms. The average molecular weight is 449 g/mol. The van der Waals surface area contributed by atoms with E-state index >= 15 is 0 Å². The Bertz CT molecular complexity index is 763. The lowest BCUT2D eigenvalue weighted by Crippen LogP contribution is -2.44. The van der Waals surface area contributed by atoms with Crippen molar-refractivity contribution in [3.05, 3.63) is 35.6 Å². The highest BCUT2D eigenvalue weighted by molar-refractivity contribution is 7.90. The molecule has 1 aromatic rings. The minimum atomic E-state index is -3.10. The van der Waals surface area contributed by atoms with Crippen LogP contribution in [0.15, 0.2) is 24.3 Å². The molecule has 0 aromatic heterocycles. The highest BCUT2D eigenvalue weighted by Crippen LogP contribution is 2.33. The molecule has 166 valence electrons. The van der Waals surface area contributed by atoms with Crippen molar-refractivity contribution in [2.75, 3.05) is 6.54 Å². The first kappa shape index (κ1) is 24.5. The van der Waals surface area contributed by atoms with E-state index in [2.05, 4.69) is 23.9 Å². The molecule has 0 radical (unpaired) electrons. The van der Waals surface area contributed by atoms with Crippen LogP contribution in [-0.4, -0.2) is 36.9 Å². The van der Waals surface area contributed by atoms with Crippen LogP contribution in [0.3, 0.4) is 0 Å². The molecule has 2 aliphatic carbocycles. The molecule has 0 unspecified atom stereocenters. The van der Waals surface area contributed by atoms with Gasteiger partial charge in [0, 0.05) is 18.1 Å². The summed E-state index contributed by atoms with van der Waals surface area (Å²) in [7, 11) is -3.10. The molecule has 3 N–H and O–H groups in total. The molecule has 2 saturated carbocycles. The van der Waals surface area contributed by atoms with Gasteiger partial charge in [0.2, 0.25) is 10.0 Å². The van der Waals surface area contributed by atoms with E-state index in [4.69, 9.17) is 0 Å². The summed E-state index contributed by atoms with van der Waals surface area (Å²) in [5.74, 6) is 0.195. The van der Waals surface area contributed by atoms with Gasteiger partial charge in [-0.3, -0.25) is 0 Å². The van der Waals surface area contributed by atoms with E-state index in [1.54, 1.807) is 12.1 Å². The van der Waals surface area contributed by atoms with E-state index < -0.39 is 16.1 Å². The standard InChI is InChI=1S/C21H33FN2O3S.ClH/c1-21(2,23-14-20(25)16-4-3-5-17(22)12-16)13-15-6-8-18(9-7-15)24-28(26,27)19-10-11-19;/h3-5,12,15,18-20,23-25H,6-11,13-14H2,1-2H3;1H/t15?,18?,20-;/m0./s1. The van der Waals surface area contributed by atoms with Gasteiger partial charge in [0.25, 0.3) is 0 Å². The summed E-state index contributed by atoms with van der Waals surface area (Å²) in [6.45, 7) is 4.60. The Morgan fingerprint density at radius 1 is 1.17 bits per heavy atom. The second-order valence-electron chi connectivity index (χ2n) is 9.12. The Hall–Kier alpha value is -0.730. The molecule has 0 amide bonds. The zero-order valence-corrected chi connectivity index (χ0v) is 18.9. The van der Waals surface area contributed by atoms with Gasteiger partial charge in [-0.1, -0.05) is 12.1 Å². The summed E-state index contributed by atoms with van der Waals surface area (Å²) in [6.07, 6.45) is 5.60. The normalized spacial score (nSPS) is 24.0. The first-order valence-electron chi connectivity index (χ1n) is 10.3. The second kappa shape index (κ2) is 10.1. The topological polar surface area (TPSA) is 78.4 Å². The average Bonchev–Trinajstić information content (AvgIpc) is 3.47. The lowest BCUT2D eigenvalue weighted by atomic mass is 9.79. The first-order chi connectivity index (χ1) is 13.1. The largest absolute Gasteiger partial charge is 0.387 e. The quantitative estimate of drug-likeness (QED) is 0.538. The van der Waals surface area contributed by atoms with Gasteiger partial charge in [-0.25, -0.2) is 17.5 Å². The third-order valence-corrected chi connectivity index (χ3v) is 7.96. The van der Waals surface area contributed by atoms with Crippen LogP contribution < -0.4 is 10.0 Å². The first-order valence-corrected chi connectivity index (χ1v) is 11.9. The van der Waals surface area contributed by atoms with Gasteiger partial charge in [0.15, 0.2) is 0 Å². The Balaban J connectivity index is 0.00000300. The summed E-state index contributed by atoms with van der Waals surface area (Å²) >= 11 is 0. The number of sulfonamides is 1. The van der Waals surface area contributed by atoms with Crippen LogP contribution in [0.4, 0.5) is 4.39 Å². The van der Waals surface area contributed by atoms with Crippen molar-refractivity contribution >= 4 is 22.4 Å². The monoisotopic (exact) mass is 448 g/mol. The Labute approximate surface area is 180 Å². The predicted octanol–water partition coefficient (Wildman–Crippen LogP) is 3.68. The molecule has 3 rings (SSSR count).